The Morgan fingerprint density at radius 3 is 2.84 bits per heavy atom. The van der Waals surface area contributed by atoms with Gasteiger partial charge in [0.25, 0.3) is 0 Å². The number of rotatable bonds is 3. The highest BCUT2D eigenvalue weighted by Gasteiger charge is 2.33. The quantitative estimate of drug-likeness (QED) is 0.788. The molecule has 2 aromatic heterocycles. The van der Waals surface area contributed by atoms with Crippen LogP contribution in [-0.4, -0.2) is 27.9 Å². The van der Waals surface area contributed by atoms with Gasteiger partial charge in [0.2, 0.25) is 5.88 Å². The smallest absolute Gasteiger partial charge is 0.341 e. The van der Waals surface area contributed by atoms with E-state index >= 15 is 0 Å². The van der Waals surface area contributed by atoms with Crippen molar-refractivity contribution in [3.63, 3.8) is 0 Å². The lowest BCUT2D eigenvalue weighted by atomic mass is 10.0. The molecule has 7 nitrogen and oxygen atoms in total. The number of thiophene rings is 1. The van der Waals surface area contributed by atoms with E-state index in [4.69, 9.17) is 15.2 Å². The summed E-state index contributed by atoms with van der Waals surface area (Å²) in [4.78, 5) is 24.9. The number of carbonyl (C=O) groups excluding carboxylic acids is 1. The number of ether oxygens (including phenoxy) is 2. The Morgan fingerprint density at radius 1 is 1.52 bits per heavy atom. The summed E-state index contributed by atoms with van der Waals surface area (Å²) in [6, 6.07) is 0. The molecule has 136 valence electrons. The van der Waals surface area contributed by atoms with Crippen molar-refractivity contribution >= 4 is 33.6 Å². The van der Waals surface area contributed by atoms with E-state index in [0.29, 0.717) is 23.6 Å². The van der Waals surface area contributed by atoms with Crippen molar-refractivity contribution in [1.82, 2.24) is 4.57 Å². The number of nitrogens with two attached hydrogens (primary N) is 1. The van der Waals surface area contributed by atoms with Gasteiger partial charge < -0.3 is 20.3 Å². The third-order valence-electron chi connectivity index (χ3n) is 3.74. The Labute approximate surface area is 152 Å². The van der Waals surface area contributed by atoms with E-state index in [2.05, 4.69) is 0 Å². The Morgan fingerprint density at radius 2 is 2.24 bits per heavy atom. The Bertz CT molecular complexity index is 859. The molecule has 0 saturated carbocycles. The molecule has 0 aliphatic carbocycles. The molecule has 9 heteroatoms. The second-order valence-electron chi connectivity index (χ2n) is 6.77. The Kier molecular flexibility index (Phi) is 4.65. The molecule has 0 fully saturated rings. The standard InChI is InChI=1S/C16H20N2O5S2/c1-16(2,3)23-14(20)11-8-4-5-22-9(12(8)25-13(11)17)6-18-10(19)7-24-15(18)21/h7,9,19H,4-6,17H2,1-3H3. The minimum atomic E-state index is -0.612. The first-order valence-electron chi connectivity index (χ1n) is 7.80. The van der Waals surface area contributed by atoms with Gasteiger partial charge in [-0.15, -0.1) is 11.3 Å². The van der Waals surface area contributed by atoms with Crippen LogP contribution in [0.4, 0.5) is 5.00 Å². The van der Waals surface area contributed by atoms with Crippen LogP contribution in [0.3, 0.4) is 0 Å². The van der Waals surface area contributed by atoms with Crippen LogP contribution in [-0.2, 0) is 22.4 Å². The molecular weight excluding hydrogens is 364 g/mol. The maximum Gasteiger partial charge on any atom is 0.341 e. The second-order valence-corrected chi connectivity index (χ2v) is 8.67. The molecule has 0 amide bonds. The molecule has 0 spiro atoms. The summed E-state index contributed by atoms with van der Waals surface area (Å²) < 4.78 is 12.5. The number of nitrogens with zero attached hydrogens (tertiary/aromatic N) is 1. The zero-order chi connectivity index (χ0) is 18.4. The number of nitrogen functional groups attached to an aromatic ring is 1. The Balaban J connectivity index is 1.94. The summed E-state index contributed by atoms with van der Waals surface area (Å²) in [6.45, 7) is 5.99. The van der Waals surface area contributed by atoms with Gasteiger partial charge in [-0.1, -0.05) is 11.3 Å². The minimum Gasteiger partial charge on any atom is -0.494 e. The second kappa shape index (κ2) is 6.47. The van der Waals surface area contributed by atoms with Crippen LogP contribution in [0.2, 0.25) is 0 Å². The molecule has 2 aromatic rings. The van der Waals surface area contributed by atoms with E-state index in [1.807, 2.05) is 0 Å². The summed E-state index contributed by atoms with van der Waals surface area (Å²) in [5.74, 6) is -0.540. The molecule has 0 bridgehead atoms. The van der Waals surface area contributed by atoms with Gasteiger partial charge in [0.1, 0.15) is 16.7 Å². The topological polar surface area (TPSA) is 104 Å². The van der Waals surface area contributed by atoms with Gasteiger partial charge in [-0.05, 0) is 32.8 Å². The number of aromatic nitrogens is 1. The van der Waals surface area contributed by atoms with Gasteiger partial charge >= 0.3 is 10.8 Å². The first-order chi connectivity index (χ1) is 11.7. The minimum absolute atomic E-state index is 0.0948. The van der Waals surface area contributed by atoms with Gasteiger partial charge in [0, 0.05) is 4.88 Å². The lowest BCUT2D eigenvalue weighted by molar-refractivity contribution is 0.00635. The van der Waals surface area contributed by atoms with E-state index in [-0.39, 0.29) is 17.3 Å². The lowest BCUT2D eigenvalue weighted by Crippen LogP contribution is -2.26. The average molecular weight is 384 g/mol. The Hall–Kier alpha value is -1.84. The zero-order valence-corrected chi connectivity index (χ0v) is 15.8. The van der Waals surface area contributed by atoms with Crippen molar-refractivity contribution in [2.45, 2.75) is 45.4 Å². The molecule has 1 aliphatic rings. The maximum atomic E-state index is 12.5. The van der Waals surface area contributed by atoms with Crippen LogP contribution < -0.4 is 10.6 Å². The van der Waals surface area contributed by atoms with E-state index in [1.165, 1.54) is 21.3 Å². The van der Waals surface area contributed by atoms with Crippen molar-refractivity contribution in [1.29, 1.82) is 0 Å². The molecule has 0 radical (unpaired) electrons. The van der Waals surface area contributed by atoms with Crippen molar-refractivity contribution in [3.8, 4) is 5.88 Å². The number of esters is 1. The number of carbonyl (C=O) groups is 1. The maximum absolute atomic E-state index is 12.5. The third-order valence-corrected chi connectivity index (χ3v) is 5.65. The molecule has 25 heavy (non-hydrogen) atoms. The van der Waals surface area contributed by atoms with Crippen LogP contribution in [0.1, 0.15) is 47.7 Å². The normalized spacial score (nSPS) is 17.3. The first-order valence-corrected chi connectivity index (χ1v) is 9.50. The number of hydrogen-bond acceptors (Lipinski definition) is 8. The van der Waals surface area contributed by atoms with Crippen LogP contribution in [0.25, 0.3) is 0 Å². The highest BCUT2D eigenvalue weighted by Crippen LogP contribution is 2.41. The van der Waals surface area contributed by atoms with Gasteiger partial charge in [-0.25, -0.2) is 4.79 Å². The lowest BCUT2D eigenvalue weighted by Gasteiger charge is -2.24. The molecule has 3 N–H and O–H groups in total. The van der Waals surface area contributed by atoms with E-state index in [1.54, 1.807) is 20.8 Å². The number of anilines is 1. The highest BCUT2D eigenvalue weighted by atomic mass is 32.1. The monoisotopic (exact) mass is 384 g/mol. The van der Waals surface area contributed by atoms with Crippen molar-refractivity contribution in [3.05, 3.63) is 31.1 Å². The fraction of sp³-hybridized carbons (Fsp3) is 0.500. The average Bonchev–Trinajstić information content (AvgIpc) is 2.99. The van der Waals surface area contributed by atoms with E-state index in [9.17, 15) is 14.7 Å². The van der Waals surface area contributed by atoms with Gasteiger partial charge in [0.15, 0.2) is 0 Å². The summed E-state index contributed by atoms with van der Waals surface area (Å²) in [5.41, 5.74) is 6.68. The molecular formula is C16H20N2O5S2. The number of hydrogen-bond donors (Lipinski definition) is 2. The molecule has 3 rings (SSSR count). The van der Waals surface area contributed by atoms with Crippen molar-refractivity contribution < 1.29 is 19.4 Å². The van der Waals surface area contributed by atoms with Crippen LogP contribution in [0.15, 0.2) is 10.2 Å². The van der Waals surface area contributed by atoms with Crippen molar-refractivity contribution in [2.24, 2.45) is 0 Å². The van der Waals surface area contributed by atoms with Crippen LogP contribution in [0, 0.1) is 0 Å². The summed E-state index contributed by atoms with van der Waals surface area (Å²) in [6.07, 6.45) is 0.115. The molecule has 0 aromatic carbocycles. The molecule has 1 unspecified atom stereocenters. The summed E-state index contributed by atoms with van der Waals surface area (Å²) in [5, 5.41) is 11.6. The van der Waals surface area contributed by atoms with Crippen molar-refractivity contribution in [2.75, 3.05) is 12.3 Å². The third kappa shape index (κ3) is 3.58. The molecule has 1 atom stereocenters. The zero-order valence-electron chi connectivity index (χ0n) is 14.2. The highest BCUT2D eigenvalue weighted by molar-refractivity contribution is 7.16. The molecule has 3 heterocycles. The van der Waals surface area contributed by atoms with E-state index < -0.39 is 17.7 Å². The molecule has 1 aliphatic heterocycles. The SMILES string of the molecule is CC(C)(C)OC(=O)c1c(N)sc2c1CCOC2Cn1c(O)csc1=O. The van der Waals surface area contributed by atoms with Gasteiger partial charge in [0.05, 0.1) is 24.1 Å². The largest absolute Gasteiger partial charge is 0.494 e. The first kappa shape index (κ1) is 18.0. The molecule has 0 saturated heterocycles. The summed E-state index contributed by atoms with van der Waals surface area (Å²) >= 11 is 2.20. The number of thiazole rings is 1. The van der Waals surface area contributed by atoms with Crippen LogP contribution >= 0.6 is 22.7 Å². The van der Waals surface area contributed by atoms with Gasteiger partial charge in [-0.2, -0.15) is 0 Å². The van der Waals surface area contributed by atoms with Crippen LogP contribution in [0.5, 0.6) is 5.88 Å². The predicted molar refractivity (Wildman–Crippen MR) is 96.5 cm³/mol. The van der Waals surface area contributed by atoms with E-state index in [0.717, 1.165) is 21.8 Å². The predicted octanol–water partition coefficient (Wildman–Crippen LogP) is 2.53. The number of fused-ring (bicyclic) bond motifs is 1. The fourth-order valence-electron chi connectivity index (χ4n) is 2.74. The summed E-state index contributed by atoms with van der Waals surface area (Å²) in [7, 11) is 0. The van der Waals surface area contributed by atoms with Gasteiger partial charge in [-0.3, -0.25) is 9.36 Å². The number of aromatic hydroxyl groups is 1. The fourth-order valence-corrected chi connectivity index (χ4v) is 4.51.